The van der Waals surface area contributed by atoms with Crippen LogP contribution in [0.2, 0.25) is 0 Å². The molecule has 0 aromatic heterocycles. The predicted molar refractivity (Wildman–Crippen MR) is 62.2 cm³/mol. The van der Waals surface area contributed by atoms with Crippen LogP contribution in [0.3, 0.4) is 0 Å². The lowest BCUT2D eigenvalue weighted by atomic mass is 9.98. The highest BCUT2D eigenvalue weighted by Gasteiger charge is 2.12. The SMILES string of the molecule is Cc1cc(C)c(C(N)CCO)c(Br)c1. The highest BCUT2D eigenvalue weighted by atomic mass is 79.9. The van der Waals surface area contributed by atoms with E-state index in [1.165, 1.54) is 11.1 Å². The van der Waals surface area contributed by atoms with Gasteiger partial charge in [-0.1, -0.05) is 22.0 Å². The smallest absolute Gasteiger partial charge is 0.0449 e. The Morgan fingerprint density at radius 2 is 2.07 bits per heavy atom. The molecule has 0 amide bonds. The van der Waals surface area contributed by atoms with E-state index >= 15 is 0 Å². The Morgan fingerprint density at radius 1 is 1.43 bits per heavy atom. The number of nitrogens with two attached hydrogens (primary N) is 1. The van der Waals surface area contributed by atoms with Crippen molar-refractivity contribution in [2.75, 3.05) is 6.61 Å². The van der Waals surface area contributed by atoms with E-state index in [-0.39, 0.29) is 12.6 Å². The van der Waals surface area contributed by atoms with Crippen LogP contribution in [0.15, 0.2) is 16.6 Å². The van der Waals surface area contributed by atoms with Crippen LogP contribution in [0, 0.1) is 13.8 Å². The molecule has 0 aliphatic rings. The van der Waals surface area contributed by atoms with Crippen LogP contribution in [0.4, 0.5) is 0 Å². The molecule has 0 radical (unpaired) electrons. The second-order valence-corrected chi connectivity index (χ2v) is 4.45. The van der Waals surface area contributed by atoms with Gasteiger partial charge < -0.3 is 10.8 Å². The van der Waals surface area contributed by atoms with Gasteiger partial charge in [0, 0.05) is 17.1 Å². The highest BCUT2D eigenvalue weighted by molar-refractivity contribution is 9.10. The maximum absolute atomic E-state index is 8.84. The molecule has 1 atom stereocenters. The molecule has 0 fully saturated rings. The lowest BCUT2D eigenvalue weighted by Gasteiger charge is -2.16. The molecule has 0 heterocycles. The van der Waals surface area contributed by atoms with Gasteiger partial charge in [0.25, 0.3) is 0 Å². The first-order valence-electron chi connectivity index (χ1n) is 4.69. The summed E-state index contributed by atoms with van der Waals surface area (Å²) < 4.78 is 1.04. The minimum atomic E-state index is -0.0880. The molecule has 1 rings (SSSR count). The summed E-state index contributed by atoms with van der Waals surface area (Å²) in [5, 5.41) is 8.84. The van der Waals surface area contributed by atoms with E-state index in [1.807, 2.05) is 6.92 Å². The predicted octanol–water partition coefficient (Wildman–Crippen LogP) is 2.45. The van der Waals surface area contributed by atoms with Crippen LogP contribution < -0.4 is 5.73 Å². The topological polar surface area (TPSA) is 46.2 Å². The molecule has 3 N–H and O–H groups in total. The van der Waals surface area contributed by atoms with Crippen LogP contribution >= 0.6 is 15.9 Å². The van der Waals surface area contributed by atoms with E-state index < -0.39 is 0 Å². The summed E-state index contributed by atoms with van der Waals surface area (Å²) in [5.74, 6) is 0. The Kier molecular flexibility index (Phi) is 4.11. The van der Waals surface area contributed by atoms with Gasteiger partial charge in [-0.15, -0.1) is 0 Å². The fourth-order valence-electron chi connectivity index (χ4n) is 1.68. The van der Waals surface area contributed by atoms with Gasteiger partial charge in [-0.25, -0.2) is 0 Å². The maximum Gasteiger partial charge on any atom is 0.0449 e. The van der Waals surface area contributed by atoms with E-state index in [4.69, 9.17) is 10.8 Å². The molecule has 0 spiro atoms. The van der Waals surface area contributed by atoms with Gasteiger partial charge in [0.2, 0.25) is 0 Å². The number of aliphatic hydroxyl groups is 1. The normalized spacial score (nSPS) is 12.9. The summed E-state index contributed by atoms with van der Waals surface area (Å²) in [7, 11) is 0. The van der Waals surface area contributed by atoms with Gasteiger partial charge in [0.1, 0.15) is 0 Å². The van der Waals surface area contributed by atoms with Crippen molar-refractivity contribution in [2.45, 2.75) is 26.3 Å². The zero-order valence-electron chi connectivity index (χ0n) is 8.55. The summed E-state index contributed by atoms with van der Waals surface area (Å²) in [6, 6.07) is 4.08. The van der Waals surface area contributed by atoms with Gasteiger partial charge in [0.05, 0.1) is 0 Å². The number of rotatable bonds is 3. The van der Waals surface area contributed by atoms with Crippen LogP contribution in [0.5, 0.6) is 0 Å². The van der Waals surface area contributed by atoms with Crippen LogP contribution in [0.25, 0.3) is 0 Å². The second-order valence-electron chi connectivity index (χ2n) is 3.60. The summed E-state index contributed by atoms with van der Waals surface area (Å²) in [4.78, 5) is 0. The third-order valence-corrected chi connectivity index (χ3v) is 2.95. The molecule has 2 nitrogen and oxygen atoms in total. The molecule has 0 aliphatic heterocycles. The molecular formula is C11H16BrNO. The molecule has 0 bridgehead atoms. The summed E-state index contributed by atoms with van der Waals surface area (Å²) in [6.07, 6.45) is 0.600. The number of aliphatic hydroxyl groups excluding tert-OH is 1. The van der Waals surface area contributed by atoms with Gasteiger partial charge in [0.15, 0.2) is 0 Å². The Morgan fingerprint density at radius 3 is 2.57 bits per heavy atom. The molecule has 0 saturated carbocycles. The first-order chi connectivity index (χ1) is 6.56. The molecule has 1 aromatic rings. The van der Waals surface area contributed by atoms with Crippen molar-refractivity contribution < 1.29 is 5.11 Å². The molecule has 1 aromatic carbocycles. The van der Waals surface area contributed by atoms with Crippen molar-refractivity contribution in [2.24, 2.45) is 5.73 Å². The van der Waals surface area contributed by atoms with E-state index in [9.17, 15) is 0 Å². The highest BCUT2D eigenvalue weighted by Crippen LogP contribution is 2.28. The van der Waals surface area contributed by atoms with Gasteiger partial charge >= 0.3 is 0 Å². The molecule has 3 heteroatoms. The first kappa shape index (κ1) is 11.7. The van der Waals surface area contributed by atoms with Crippen molar-refractivity contribution in [3.63, 3.8) is 0 Å². The molecule has 1 unspecified atom stereocenters. The largest absolute Gasteiger partial charge is 0.396 e. The number of halogens is 1. The zero-order valence-corrected chi connectivity index (χ0v) is 10.1. The Balaban J connectivity index is 3.07. The van der Waals surface area contributed by atoms with Crippen LogP contribution in [-0.4, -0.2) is 11.7 Å². The number of hydrogen-bond acceptors (Lipinski definition) is 2. The molecule has 0 saturated heterocycles. The zero-order chi connectivity index (χ0) is 10.7. The van der Waals surface area contributed by atoms with Crippen LogP contribution in [0.1, 0.15) is 29.2 Å². The monoisotopic (exact) mass is 257 g/mol. The third kappa shape index (κ3) is 2.56. The quantitative estimate of drug-likeness (QED) is 0.874. The Bertz CT molecular complexity index is 302. The van der Waals surface area contributed by atoms with Crippen LogP contribution in [-0.2, 0) is 0 Å². The summed E-state index contributed by atoms with van der Waals surface area (Å²) >= 11 is 3.51. The van der Waals surface area contributed by atoms with E-state index in [2.05, 4.69) is 35.0 Å². The fraction of sp³-hybridized carbons (Fsp3) is 0.455. The number of hydrogen-bond donors (Lipinski definition) is 2. The van der Waals surface area contributed by atoms with Gasteiger partial charge in [-0.05, 0) is 43.0 Å². The average Bonchev–Trinajstić information content (AvgIpc) is 2.01. The van der Waals surface area contributed by atoms with E-state index in [0.29, 0.717) is 6.42 Å². The number of aryl methyl sites for hydroxylation is 2. The minimum Gasteiger partial charge on any atom is -0.396 e. The number of benzene rings is 1. The van der Waals surface area contributed by atoms with Gasteiger partial charge in [-0.2, -0.15) is 0 Å². The molecule has 78 valence electrons. The van der Waals surface area contributed by atoms with E-state index in [0.717, 1.165) is 10.0 Å². The summed E-state index contributed by atoms with van der Waals surface area (Å²) in [6.45, 7) is 4.23. The molecular weight excluding hydrogens is 242 g/mol. The molecule has 14 heavy (non-hydrogen) atoms. The van der Waals surface area contributed by atoms with Crippen molar-refractivity contribution >= 4 is 15.9 Å². The van der Waals surface area contributed by atoms with Crippen molar-refractivity contribution in [3.05, 3.63) is 33.3 Å². The molecule has 0 aliphatic carbocycles. The third-order valence-electron chi connectivity index (χ3n) is 2.29. The van der Waals surface area contributed by atoms with Gasteiger partial charge in [-0.3, -0.25) is 0 Å². The average molecular weight is 258 g/mol. The minimum absolute atomic E-state index is 0.0880. The van der Waals surface area contributed by atoms with Crippen molar-refractivity contribution in [1.29, 1.82) is 0 Å². The summed E-state index contributed by atoms with van der Waals surface area (Å²) in [5.41, 5.74) is 9.46. The lowest BCUT2D eigenvalue weighted by Crippen LogP contribution is -2.14. The first-order valence-corrected chi connectivity index (χ1v) is 5.48. The maximum atomic E-state index is 8.84. The standard InChI is InChI=1S/C11H16BrNO/c1-7-5-8(2)11(9(12)6-7)10(13)3-4-14/h5-6,10,14H,3-4,13H2,1-2H3. The Labute approximate surface area is 93.3 Å². The fourth-order valence-corrected chi connectivity index (χ4v) is 2.65. The van der Waals surface area contributed by atoms with Crippen molar-refractivity contribution in [3.8, 4) is 0 Å². The Hall–Kier alpha value is -0.380. The second kappa shape index (κ2) is 4.91. The van der Waals surface area contributed by atoms with E-state index in [1.54, 1.807) is 0 Å². The lowest BCUT2D eigenvalue weighted by molar-refractivity contribution is 0.276. The van der Waals surface area contributed by atoms with Crippen molar-refractivity contribution in [1.82, 2.24) is 0 Å².